The molecule has 2 amide bonds. The molecule has 0 aliphatic carbocycles. The lowest BCUT2D eigenvalue weighted by Gasteiger charge is -2.29. The zero-order valence-electron chi connectivity index (χ0n) is 15.7. The number of hydrogen-bond donors (Lipinski definition) is 1. The van der Waals surface area contributed by atoms with Crippen LogP contribution in [0.3, 0.4) is 0 Å². The molecule has 1 heterocycles. The maximum Gasteiger partial charge on any atom is 0.265 e. The van der Waals surface area contributed by atoms with Crippen molar-refractivity contribution in [3.8, 4) is 11.5 Å². The number of anilines is 2. The normalized spacial score (nSPS) is 13.0. The number of rotatable bonds is 7. The van der Waals surface area contributed by atoms with E-state index in [0.29, 0.717) is 30.3 Å². The molecule has 1 aliphatic rings. The number of unbranched alkanes of at least 4 members (excludes halogenated alkanes) is 1. The van der Waals surface area contributed by atoms with E-state index in [1.807, 2.05) is 31.2 Å². The van der Waals surface area contributed by atoms with Crippen molar-refractivity contribution in [3.05, 3.63) is 48.0 Å². The Hall–Kier alpha value is -3.02. The number of benzene rings is 2. The molecule has 0 unspecified atom stereocenters. The average Bonchev–Trinajstić information content (AvgIpc) is 2.62. The number of nitrogens with zero attached hydrogens (tertiary/aromatic N) is 1. The summed E-state index contributed by atoms with van der Waals surface area (Å²) in [5, 5.41) is 2.74. The number of carbonyl (C=O) groups is 2. The minimum absolute atomic E-state index is 0.0340. The zero-order valence-corrected chi connectivity index (χ0v) is 15.7. The SMILES string of the molecule is CC(=O)Nc1ccc2c(c1)N(CCCCOc1cccc(C)c1)C(=O)CO2. The Kier molecular flexibility index (Phi) is 5.96. The van der Waals surface area contributed by atoms with Gasteiger partial charge in [0, 0.05) is 19.2 Å². The molecule has 1 N–H and O–H groups in total. The number of carbonyl (C=O) groups excluding carboxylic acids is 2. The van der Waals surface area contributed by atoms with Gasteiger partial charge in [-0.1, -0.05) is 12.1 Å². The molecular weight excluding hydrogens is 344 g/mol. The highest BCUT2D eigenvalue weighted by Gasteiger charge is 2.25. The summed E-state index contributed by atoms with van der Waals surface area (Å²) in [5.41, 5.74) is 2.50. The van der Waals surface area contributed by atoms with Crippen molar-refractivity contribution in [2.75, 3.05) is 30.0 Å². The van der Waals surface area contributed by atoms with Gasteiger partial charge in [-0.25, -0.2) is 0 Å². The maximum atomic E-state index is 12.3. The van der Waals surface area contributed by atoms with Gasteiger partial charge >= 0.3 is 0 Å². The molecule has 27 heavy (non-hydrogen) atoms. The number of fused-ring (bicyclic) bond motifs is 1. The fraction of sp³-hybridized carbons (Fsp3) is 0.333. The minimum atomic E-state index is -0.155. The lowest BCUT2D eigenvalue weighted by Crippen LogP contribution is -2.39. The van der Waals surface area contributed by atoms with Gasteiger partial charge in [0.15, 0.2) is 6.61 Å². The van der Waals surface area contributed by atoms with Crippen molar-refractivity contribution in [1.29, 1.82) is 0 Å². The van der Waals surface area contributed by atoms with Crippen LogP contribution in [-0.2, 0) is 9.59 Å². The van der Waals surface area contributed by atoms with Crippen LogP contribution >= 0.6 is 0 Å². The summed E-state index contributed by atoms with van der Waals surface area (Å²) in [5.74, 6) is 1.28. The molecule has 0 radical (unpaired) electrons. The molecule has 2 aromatic rings. The summed E-state index contributed by atoms with van der Waals surface area (Å²) in [6.45, 7) is 4.69. The molecule has 0 saturated carbocycles. The first-order valence-electron chi connectivity index (χ1n) is 9.07. The van der Waals surface area contributed by atoms with Gasteiger partial charge in [0.1, 0.15) is 11.5 Å². The number of hydrogen-bond acceptors (Lipinski definition) is 4. The average molecular weight is 368 g/mol. The lowest BCUT2D eigenvalue weighted by molar-refractivity contribution is -0.121. The van der Waals surface area contributed by atoms with Crippen molar-refractivity contribution >= 4 is 23.2 Å². The topological polar surface area (TPSA) is 67.9 Å². The van der Waals surface area contributed by atoms with Crippen LogP contribution in [0, 0.1) is 6.92 Å². The van der Waals surface area contributed by atoms with E-state index in [1.54, 1.807) is 23.1 Å². The molecule has 2 aromatic carbocycles. The van der Waals surface area contributed by atoms with Crippen LogP contribution < -0.4 is 19.7 Å². The highest BCUT2D eigenvalue weighted by Crippen LogP contribution is 2.34. The molecule has 142 valence electrons. The van der Waals surface area contributed by atoms with E-state index >= 15 is 0 Å². The summed E-state index contributed by atoms with van der Waals surface area (Å²) < 4.78 is 11.3. The summed E-state index contributed by atoms with van der Waals surface area (Å²) in [6.07, 6.45) is 1.64. The van der Waals surface area contributed by atoms with Gasteiger partial charge < -0.3 is 19.7 Å². The van der Waals surface area contributed by atoms with E-state index < -0.39 is 0 Å². The van der Waals surface area contributed by atoms with Crippen molar-refractivity contribution in [2.24, 2.45) is 0 Å². The monoisotopic (exact) mass is 368 g/mol. The van der Waals surface area contributed by atoms with Crippen molar-refractivity contribution in [2.45, 2.75) is 26.7 Å². The second kappa shape index (κ2) is 8.58. The Bertz CT molecular complexity index is 835. The third kappa shape index (κ3) is 5.00. The van der Waals surface area contributed by atoms with Crippen molar-refractivity contribution in [3.63, 3.8) is 0 Å². The summed E-state index contributed by atoms with van der Waals surface area (Å²) >= 11 is 0. The van der Waals surface area contributed by atoms with E-state index in [0.717, 1.165) is 24.2 Å². The molecule has 0 aromatic heterocycles. The first-order valence-corrected chi connectivity index (χ1v) is 9.07. The van der Waals surface area contributed by atoms with E-state index in [9.17, 15) is 9.59 Å². The zero-order chi connectivity index (χ0) is 19.2. The second-order valence-electron chi connectivity index (χ2n) is 6.57. The Labute approximate surface area is 159 Å². The van der Waals surface area contributed by atoms with Crippen molar-refractivity contribution in [1.82, 2.24) is 0 Å². The van der Waals surface area contributed by atoms with Crippen LogP contribution in [-0.4, -0.2) is 31.6 Å². The quantitative estimate of drug-likeness (QED) is 0.759. The third-order valence-electron chi connectivity index (χ3n) is 4.26. The highest BCUT2D eigenvalue weighted by molar-refractivity contribution is 5.99. The van der Waals surface area contributed by atoms with Crippen LogP contribution in [0.25, 0.3) is 0 Å². The lowest BCUT2D eigenvalue weighted by atomic mass is 10.2. The molecule has 6 heteroatoms. The summed E-state index contributed by atoms with van der Waals surface area (Å²) in [6, 6.07) is 13.3. The molecule has 0 atom stereocenters. The Morgan fingerprint density at radius 2 is 2.07 bits per heavy atom. The number of ether oxygens (including phenoxy) is 2. The molecule has 0 saturated heterocycles. The van der Waals surface area contributed by atoms with Gasteiger partial charge in [-0.05, 0) is 55.7 Å². The summed E-state index contributed by atoms with van der Waals surface area (Å²) in [4.78, 5) is 25.3. The minimum Gasteiger partial charge on any atom is -0.494 e. The van der Waals surface area contributed by atoms with Gasteiger partial charge in [-0.15, -0.1) is 0 Å². The largest absolute Gasteiger partial charge is 0.494 e. The first kappa shape index (κ1) is 18.8. The fourth-order valence-electron chi connectivity index (χ4n) is 3.00. The van der Waals surface area contributed by atoms with Gasteiger partial charge in [-0.2, -0.15) is 0 Å². The summed E-state index contributed by atoms with van der Waals surface area (Å²) in [7, 11) is 0. The van der Waals surface area contributed by atoms with Gasteiger partial charge in [-0.3, -0.25) is 9.59 Å². The highest BCUT2D eigenvalue weighted by atomic mass is 16.5. The molecule has 0 bridgehead atoms. The van der Waals surface area contributed by atoms with Crippen LogP contribution in [0.1, 0.15) is 25.3 Å². The predicted octanol–water partition coefficient (Wildman–Crippen LogP) is 3.54. The predicted molar refractivity (Wildman–Crippen MR) is 105 cm³/mol. The van der Waals surface area contributed by atoms with Crippen LogP contribution in [0.5, 0.6) is 11.5 Å². The smallest absolute Gasteiger partial charge is 0.265 e. The van der Waals surface area contributed by atoms with Gasteiger partial charge in [0.2, 0.25) is 5.91 Å². The Balaban J connectivity index is 1.56. The van der Waals surface area contributed by atoms with Crippen molar-refractivity contribution < 1.29 is 19.1 Å². The molecular formula is C21H24N2O4. The Morgan fingerprint density at radius 3 is 2.85 bits per heavy atom. The maximum absolute atomic E-state index is 12.3. The molecule has 0 fully saturated rings. The van der Waals surface area contributed by atoms with E-state index in [2.05, 4.69) is 5.32 Å². The van der Waals surface area contributed by atoms with Crippen LogP contribution in [0.2, 0.25) is 0 Å². The molecule has 1 aliphatic heterocycles. The standard InChI is InChI=1S/C21H24N2O4/c1-15-6-5-7-18(12-15)26-11-4-3-10-23-19-13-17(22-16(2)24)8-9-20(19)27-14-21(23)25/h5-9,12-13H,3-4,10-11,14H2,1-2H3,(H,22,24). The Morgan fingerprint density at radius 1 is 1.22 bits per heavy atom. The number of aryl methyl sites for hydroxylation is 1. The van der Waals surface area contributed by atoms with Gasteiger partial charge in [0.05, 0.1) is 12.3 Å². The first-order chi connectivity index (χ1) is 13.0. The van der Waals surface area contributed by atoms with E-state index in [-0.39, 0.29) is 18.4 Å². The van der Waals surface area contributed by atoms with Gasteiger partial charge in [0.25, 0.3) is 5.91 Å². The van der Waals surface area contributed by atoms with E-state index in [1.165, 1.54) is 6.92 Å². The van der Waals surface area contributed by atoms with Crippen LogP contribution in [0.15, 0.2) is 42.5 Å². The van der Waals surface area contributed by atoms with Crippen LogP contribution in [0.4, 0.5) is 11.4 Å². The molecule has 6 nitrogen and oxygen atoms in total. The number of nitrogens with one attached hydrogen (secondary N) is 1. The third-order valence-corrected chi connectivity index (χ3v) is 4.26. The molecule has 3 rings (SSSR count). The number of amides is 2. The van der Waals surface area contributed by atoms with E-state index in [4.69, 9.17) is 9.47 Å². The molecule has 0 spiro atoms. The second-order valence-corrected chi connectivity index (χ2v) is 6.57. The fourth-order valence-corrected chi connectivity index (χ4v) is 3.00.